The fourth-order valence-electron chi connectivity index (χ4n) is 1.86. The molecule has 0 fully saturated rings. The van der Waals surface area contributed by atoms with Gasteiger partial charge in [-0.3, -0.25) is 0 Å². The van der Waals surface area contributed by atoms with E-state index < -0.39 is 5.97 Å². The zero-order valence-corrected chi connectivity index (χ0v) is 9.93. The van der Waals surface area contributed by atoms with E-state index in [2.05, 4.69) is 5.10 Å². The summed E-state index contributed by atoms with van der Waals surface area (Å²) in [6, 6.07) is 5.94. The first kappa shape index (κ1) is 12.3. The van der Waals surface area contributed by atoms with Gasteiger partial charge in [-0.05, 0) is 24.6 Å². The molecular weight excluding hydrogens is 235 g/mol. The van der Waals surface area contributed by atoms with Gasteiger partial charge in [0.2, 0.25) is 0 Å². The highest BCUT2D eigenvalue weighted by atomic mass is 19.1. The van der Waals surface area contributed by atoms with Crippen LogP contribution in [0, 0.1) is 5.82 Å². The highest BCUT2D eigenvalue weighted by Gasteiger charge is 2.16. The molecule has 18 heavy (non-hydrogen) atoms. The molecule has 0 unspecified atom stereocenters. The molecule has 0 atom stereocenters. The zero-order valence-electron chi connectivity index (χ0n) is 9.93. The second kappa shape index (κ2) is 5.00. The van der Waals surface area contributed by atoms with Crippen molar-refractivity contribution < 1.29 is 14.3 Å². The molecule has 1 N–H and O–H groups in total. The van der Waals surface area contributed by atoms with Crippen LogP contribution >= 0.6 is 0 Å². The molecule has 0 amide bonds. The fourth-order valence-corrected chi connectivity index (χ4v) is 1.86. The Balaban J connectivity index is 2.54. The first-order valence-electron chi connectivity index (χ1n) is 5.69. The van der Waals surface area contributed by atoms with E-state index in [-0.39, 0.29) is 11.4 Å². The van der Waals surface area contributed by atoms with Crippen molar-refractivity contribution in [1.29, 1.82) is 0 Å². The number of carboxylic acids is 1. The number of benzene rings is 1. The van der Waals surface area contributed by atoms with Crippen LogP contribution in [0.15, 0.2) is 30.5 Å². The minimum Gasteiger partial charge on any atom is -0.478 e. The van der Waals surface area contributed by atoms with Gasteiger partial charge in [-0.15, -0.1) is 0 Å². The van der Waals surface area contributed by atoms with E-state index in [1.807, 2.05) is 6.92 Å². The van der Waals surface area contributed by atoms with Gasteiger partial charge in [-0.25, -0.2) is 13.9 Å². The van der Waals surface area contributed by atoms with Crippen LogP contribution in [0.1, 0.15) is 29.4 Å². The molecule has 0 aliphatic rings. The first-order chi connectivity index (χ1) is 8.63. The van der Waals surface area contributed by atoms with E-state index >= 15 is 0 Å². The molecule has 0 aliphatic carbocycles. The van der Waals surface area contributed by atoms with Crippen LogP contribution in [0.3, 0.4) is 0 Å². The van der Waals surface area contributed by atoms with Crippen LogP contribution in [-0.2, 0) is 6.42 Å². The van der Waals surface area contributed by atoms with Crippen molar-refractivity contribution in [3.8, 4) is 5.69 Å². The average molecular weight is 248 g/mol. The summed E-state index contributed by atoms with van der Waals surface area (Å²) in [6.45, 7) is 1.95. The van der Waals surface area contributed by atoms with E-state index in [0.717, 1.165) is 6.42 Å². The van der Waals surface area contributed by atoms with Gasteiger partial charge in [0.05, 0.1) is 17.6 Å². The molecule has 0 bridgehead atoms. The number of aromatic nitrogens is 2. The van der Waals surface area contributed by atoms with E-state index in [4.69, 9.17) is 5.11 Å². The Hall–Kier alpha value is -2.17. The molecule has 0 saturated heterocycles. The molecule has 5 heteroatoms. The molecule has 94 valence electrons. The third-order valence-electron chi connectivity index (χ3n) is 2.64. The van der Waals surface area contributed by atoms with E-state index in [1.54, 1.807) is 12.1 Å². The SMILES string of the molecule is CCCc1c(C(=O)O)cnn1-c1cccc(F)c1. The minimum atomic E-state index is -1.01. The van der Waals surface area contributed by atoms with Gasteiger partial charge >= 0.3 is 5.97 Å². The predicted octanol–water partition coefficient (Wildman–Crippen LogP) is 2.66. The quantitative estimate of drug-likeness (QED) is 0.905. The molecule has 1 heterocycles. The third-order valence-corrected chi connectivity index (χ3v) is 2.64. The highest BCUT2D eigenvalue weighted by Crippen LogP contribution is 2.17. The van der Waals surface area contributed by atoms with E-state index in [0.29, 0.717) is 17.8 Å². The number of carbonyl (C=O) groups is 1. The number of aromatic carboxylic acids is 1. The summed E-state index contributed by atoms with van der Waals surface area (Å²) in [5.74, 6) is -1.39. The van der Waals surface area contributed by atoms with Crippen LogP contribution in [0.4, 0.5) is 4.39 Å². The van der Waals surface area contributed by atoms with Crippen LogP contribution in [0.2, 0.25) is 0 Å². The summed E-state index contributed by atoms with van der Waals surface area (Å²) in [5, 5.41) is 13.1. The van der Waals surface area contributed by atoms with Gasteiger partial charge in [0.15, 0.2) is 0 Å². The Morgan fingerprint density at radius 3 is 2.89 bits per heavy atom. The van der Waals surface area contributed by atoms with Crippen LogP contribution in [0.25, 0.3) is 5.69 Å². The van der Waals surface area contributed by atoms with Crippen molar-refractivity contribution in [3.05, 3.63) is 47.5 Å². The smallest absolute Gasteiger partial charge is 0.339 e. The molecule has 4 nitrogen and oxygen atoms in total. The topological polar surface area (TPSA) is 55.1 Å². The molecule has 2 aromatic rings. The zero-order chi connectivity index (χ0) is 13.1. The van der Waals surface area contributed by atoms with E-state index in [9.17, 15) is 9.18 Å². The summed E-state index contributed by atoms with van der Waals surface area (Å²) in [7, 11) is 0. The molecular formula is C13H13FN2O2. The highest BCUT2D eigenvalue weighted by molar-refractivity contribution is 5.88. The predicted molar refractivity (Wildman–Crippen MR) is 64.5 cm³/mol. The molecule has 1 aromatic carbocycles. The maximum Gasteiger partial charge on any atom is 0.339 e. The lowest BCUT2D eigenvalue weighted by Crippen LogP contribution is -2.06. The first-order valence-corrected chi connectivity index (χ1v) is 5.69. The molecule has 1 aromatic heterocycles. The standard InChI is InChI=1S/C13H13FN2O2/c1-2-4-12-11(13(17)18)8-15-16(12)10-6-3-5-9(14)7-10/h3,5-8H,2,4H2,1H3,(H,17,18). The number of halogens is 1. The number of rotatable bonds is 4. The van der Waals surface area contributed by atoms with Crippen LogP contribution < -0.4 is 0 Å². The molecule has 0 radical (unpaired) electrons. The normalized spacial score (nSPS) is 10.6. The van der Waals surface area contributed by atoms with Gasteiger partial charge in [-0.1, -0.05) is 19.4 Å². The van der Waals surface area contributed by atoms with Crippen molar-refractivity contribution >= 4 is 5.97 Å². The van der Waals surface area contributed by atoms with Gasteiger partial charge in [0, 0.05) is 0 Å². The average Bonchev–Trinajstić information content (AvgIpc) is 2.73. The number of hydrogen-bond acceptors (Lipinski definition) is 2. The Bertz CT molecular complexity index is 578. The Morgan fingerprint density at radius 2 is 2.28 bits per heavy atom. The summed E-state index contributed by atoms with van der Waals surface area (Å²) < 4.78 is 14.7. The van der Waals surface area contributed by atoms with Crippen molar-refractivity contribution in [2.24, 2.45) is 0 Å². The summed E-state index contributed by atoms with van der Waals surface area (Å²) in [5.41, 5.74) is 1.29. The number of carboxylic acid groups (broad SMARTS) is 1. The molecule has 2 rings (SSSR count). The lowest BCUT2D eigenvalue weighted by Gasteiger charge is -2.07. The van der Waals surface area contributed by atoms with Gasteiger partial charge in [0.25, 0.3) is 0 Å². The Kier molecular flexibility index (Phi) is 3.41. The lowest BCUT2D eigenvalue weighted by atomic mass is 10.1. The summed E-state index contributed by atoms with van der Waals surface area (Å²) in [4.78, 5) is 11.1. The largest absolute Gasteiger partial charge is 0.478 e. The second-order valence-electron chi connectivity index (χ2n) is 3.95. The fraction of sp³-hybridized carbons (Fsp3) is 0.231. The number of hydrogen-bond donors (Lipinski definition) is 1. The summed E-state index contributed by atoms with van der Waals surface area (Å²) in [6.07, 6.45) is 2.68. The molecule has 0 spiro atoms. The monoisotopic (exact) mass is 248 g/mol. The lowest BCUT2D eigenvalue weighted by molar-refractivity contribution is 0.0695. The minimum absolute atomic E-state index is 0.168. The maximum atomic E-state index is 13.2. The van der Waals surface area contributed by atoms with Crippen molar-refractivity contribution in [2.45, 2.75) is 19.8 Å². The Morgan fingerprint density at radius 1 is 1.50 bits per heavy atom. The third kappa shape index (κ3) is 2.25. The van der Waals surface area contributed by atoms with Gasteiger partial charge in [0.1, 0.15) is 11.4 Å². The van der Waals surface area contributed by atoms with Crippen molar-refractivity contribution in [1.82, 2.24) is 9.78 Å². The van der Waals surface area contributed by atoms with Crippen LogP contribution in [0.5, 0.6) is 0 Å². The Labute approximate surface area is 104 Å². The number of nitrogens with zero attached hydrogens (tertiary/aromatic N) is 2. The second-order valence-corrected chi connectivity index (χ2v) is 3.95. The van der Waals surface area contributed by atoms with Gasteiger partial charge < -0.3 is 5.11 Å². The van der Waals surface area contributed by atoms with Crippen LogP contribution in [-0.4, -0.2) is 20.9 Å². The summed E-state index contributed by atoms with van der Waals surface area (Å²) >= 11 is 0. The van der Waals surface area contributed by atoms with E-state index in [1.165, 1.54) is 23.0 Å². The molecule has 0 aliphatic heterocycles. The maximum absolute atomic E-state index is 13.2. The molecule has 0 saturated carbocycles. The van der Waals surface area contributed by atoms with Gasteiger partial charge in [-0.2, -0.15) is 5.10 Å². The van der Waals surface area contributed by atoms with Crippen molar-refractivity contribution in [2.75, 3.05) is 0 Å². The van der Waals surface area contributed by atoms with Crippen molar-refractivity contribution in [3.63, 3.8) is 0 Å².